The van der Waals surface area contributed by atoms with Crippen LogP contribution in [0.4, 0.5) is 11.5 Å². The number of benzene rings is 1. The Bertz CT molecular complexity index is 806. The number of hydrogen-bond donors (Lipinski definition) is 2. The molecular formula is C13H12ClN3O3S. The fourth-order valence-electron chi connectivity index (χ4n) is 1.63. The first-order chi connectivity index (χ1) is 9.75. The van der Waals surface area contributed by atoms with Crippen LogP contribution in [0.25, 0.3) is 0 Å². The number of pyridine rings is 1. The van der Waals surface area contributed by atoms with E-state index in [0.29, 0.717) is 0 Å². The molecule has 21 heavy (non-hydrogen) atoms. The fraction of sp³-hybridized carbons (Fsp3) is 0.0769. The number of carbonyl (C=O) groups excluding carboxylic acids is 1. The zero-order valence-electron chi connectivity index (χ0n) is 11.0. The fourth-order valence-corrected chi connectivity index (χ4v) is 2.49. The van der Waals surface area contributed by atoms with Crippen molar-refractivity contribution in [2.75, 3.05) is 17.3 Å². The van der Waals surface area contributed by atoms with Crippen LogP contribution in [0.3, 0.4) is 0 Å². The molecule has 2 rings (SSSR count). The molecule has 0 bridgehead atoms. The summed E-state index contributed by atoms with van der Waals surface area (Å²) in [6.07, 6.45) is 1.04. The van der Waals surface area contributed by atoms with E-state index < -0.39 is 15.7 Å². The number of sulfone groups is 1. The lowest BCUT2D eigenvalue weighted by atomic mass is 10.2. The number of halogens is 1. The molecule has 0 fully saturated rings. The van der Waals surface area contributed by atoms with Gasteiger partial charge in [0.2, 0.25) is 0 Å². The van der Waals surface area contributed by atoms with E-state index in [0.717, 1.165) is 6.26 Å². The molecule has 0 unspecified atom stereocenters. The van der Waals surface area contributed by atoms with Gasteiger partial charge in [-0.05, 0) is 30.3 Å². The predicted molar refractivity (Wildman–Crippen MR) is 81.2 cm³/mol. The van der Waals surface area contributed by atoms with E-state index in [4.69, 9.17) is 17.3 Å². The van der Waals surface area contributed by atoms with E-state index in [2.05, 4.69) is 10.3 Å². The molecule has 0 saturated heterocycles. The van der Waals surface area contributed by atoms with Crippen molar-refractivity contribution in [2.45, 2.75) is 4.90 Å². The normalized spacial score (nSPS) is 11.1. The van der Waals surface area contributed by atoms with Crippen LogP contribution in [0.15, 0.2) is 41.3 Å². The van der Waals surface area contributed by atoms with Gasteiger partial charge in [0.05, 0.1) is 4.90 Å². The van der Waals surface area contributed by atoms with Crippen LogP contribution >= 0.6 is 11.6 Å². The summed E-state index contributed by atoms with van der Waals surface area (Å²) in [5, 5.41) is 2.75. The molecule has 0 saturated carbocycles. The van der Waals surface area contributed by atoms with E-state index in [1.807, 2.05) is 0 Å². The van der Waals surface area contributed by atoms with Crippen LogP contribution in [0.5, 0.6) is 0 Å². The molecular weight excluding hydrogens is 314 g/mol. The molecule has 0 aliphatic heterocycles. The Morgan fingerprint density at radius 3 is 2.62 bits per heavy atom. The first kappa shape index (κ1) is 15.3. The average molecular weight is 326 g/mol. The Hall–Kier alpha value is -2.12. The standard InChI is InChI=1S/C13H12ClN3O3S/c1-21(19,20)10-6-8(5-9(15)7-10)13(18)17-12-4-2-3-11(14)16-12/h2-7H,15H2,1H3,(H,16,17,18). The maximum absolute atomic E-state index is 12.1. The number of nitrogens with zero attached hydrogens (tertiary/aromatic N) is 1. The summed E-state index contributed by atoms with van der Waals surface area (Å²) >= 11 is 5.72. The van der Waals surface area contributed by atoms with Crippen molar-refractivity contribution in [2.24, 2.45) is 0 Å². The van der Waals surface area contributed by atoms with Gasteiger partial charge < -0.3 is 11.1 Å². The highest BCUT2D eigenvalue weighted by Gasteiger charge is 2.14. The third-order valence-electron chi connectivity index (χ3n) is 2.58. The number of rotatable bonds is 3. The number of nitrogens with one attached hydrogen (secondary N) is 1. The summed E-state index contributed by atoms with van der Waals surface area (Å²) in [6.45, 7) is 0. The van der Waals surface area contributed by atoms with Gasteiger partial charge in [-0.15, -0.1) is 0 Å². The molecule has 1 heterocycles. The molecule has 0 atom stereocenters. The summed E-state index contributed by atoms with van der Waals surface area (Å²) in [5.41, 5.74) is 5.94. The highest BCUT2D eigenvalue weighted by atomic mass is 35.5. The van der Waals surface area contributed by atoms with Crippen molar-refractivity contribution in [1.29, 1.82) is 0 Å². The van der Waals surface area contributed by atoms with E-state index in [1.54, 1.807) is 18.2 Å². The average Bonchev–Trinajstić information content (AvgIpc) is 2.37. The van der Waals surface area contributed by atoms with Gasteiger partial charge in [0.15, 0.2) is 9.84 Å². The topological polar surface area (TPSA) is 102 Å². The first-order valence-electron chi connectivity index (χ1n) is 5.80. The van der Waals surface area contributed by atoms with Crippen LogP contribution in [0.2, 0.25) is 5.15 Å². The second-order valence-corrected chi connectivity index (χ2v) is 6.77. The molecule has 1 aromatic carbocycles. The smallest absolute Gasteiger partial charge is 0.256 e. The zero-order valence-corrected chi connectivity index (χ0v) is 12.6. The molecule has 0 aliphatic rings. The van der Waals surface area contributed by atoms with Crippen LogP contribution in [0, 0.1) is 0 Å². The van der Waals surface area contributed by atoms with Crippen molar-refractivity contribution in [3.05, 3.63) is 47.1 Å². The number of hydrogen-bond acceptors (Lipinski definition) is 5. The number of anilines is 2. The van der Waals surface area contributed by atoms with Gasteiger partial charge in [0.1, 0.15) is 11.0 Å². The van der Waals surface area contributed by atoms with Crippen LogP contribution in [0.1, 0.15) is 10.4 Å². The van der Waals surface area contributed by atoms with Crippen LogP contribution in [-0.4, -0.2) is 25.6 Å². The van der Waals surface area contributed by atoms with Gasteiger partial charge in [-0.1, -0.05) is 17.7 Å². The van der Waals surface area contributed by atoms with Gasteiger partial charge in [-0.2, -0.15) is 0 Å². The Morgan fingerprint density at radius 2 is 2.00 bits per heavy atom. The molecule has 0 radical (unpaired) electrons. The monoisotopic (exact) mass is 325 g/mol. The minimum absolute atomic E-state index is 0.0216. The second-order valence-electron chi connectivity index (χ2n) is 4.36. The lowest BCUT2D eigenvalue weighted by Crippen LogP contribution is -2.14. The second kappa shape index (κ2) is 5.71. The number of carbonyl (C=O) groups is 1. The molecule has 1 aromatic heterocycles. The predicted octanol–water partition coefficient (Wildman–Crippen LogP) is 1.97. The molecule has 6 nitrogen and oxygen atoms in total. The Labute approximate surface area is 126 Å². The molecule has 0 spiro atoms. The zero-order chi connectivity index (χ0) is 15.6. The third kappa shape index (κ3) is 3.93. The molecule has 1 amide bonds. The minimum Gasteiger partial charge on any atom is -0.399 e. The molecule has 3 N–H and O–H groups in total. The summed E-state index contributed by atoms with van der Waals surface area (Å²) in [4.78, 5) is 16.0. The minimum atomic E-state index is -3.46. The van der Waals surface area contributed by atoms with Crippen LogP contribution < -0.4 is 11.1 Å². The van der Waals surface area contributed by atoms with Gasteiger partial charge in [-0.3, -0.25) is 4.79 Å². The van der Waals surface area contributed by atoms with E-state index in [-0.39, 0.29) is 27.1 Å². The highest BCUT2D eigenvalue weighted by molar-refractivity contribution is 7.90. The Balaban J connectivity index is 2.33. The van der Waals surface area contributed by atoms with E-state index >= 15 is 0 Å². The van der Waals surface area contributed by atoms with Crippen LogP contribution in [-0.2, 0) is 9.84 Å². The van der Waals surface area contributed by atoms with Gasteiger partial charge in [-0.25, -0.2) is 13.4 Å². The lowest BCUT2D eigenvalue weighted by molar-refractivity contribution is 0.102. The molecule has 0 aliphatic carbocycles. The number of nitrogen functional groups attached to an aromatic ring is 1. The number of aromatic nitrogens is 1. The van der Waals surface area contributed by atoms with E-state index in [1.165, 1.54) is 18.2 Å². The largest absolute Gasteiger partial charge is 0.399 e. The van der Waals surface area contributed by atoms with Gasteiger partial charge in [0.25, 0.3) is 5.91 Å². The van der Waals surface area contributed by atoms with Crippen molar-refractivity contribution in [3.8, 4) is 0 Å². The number of amides is 1. The van der Waals surface area contributed by atoms with Crippen molar-refractivity contribution < 1.29 is 13.2 Å². The summed E-state index contributed by atoms with van der Waals surface area (Å²) in [6, 6.07) is 8.70. The van der Waals surface area contributed by atoms with Crippen molar-refractivity contribution in [1.82, 2.24) is 4.98 Å². The van der Waals surface area contributed by atoms with Crippen molar-refractivity contribution in [3.63, 3.8) is 0 Å². The van der Waals surface area contributed by atoms with Gasteiger partial charge >= 0.3 is 0 Å². The number of nitrogens with two attached hydrogens (primary N) is 1. The maximum Gasteiger partial charge on any atom is 0.256 e. The third-order valence-corrected chi connectivity index (χ3v) is 3.88. The quantitative estimate of drug-likeness (QED) is 0.663. The van der Waals surface area contributed by atoms with Crippen molar-refractivity contribution >= 4 is 38.9 Å². The highest BCUT2D eigenvalue weighted by Crippen LogP contribution is 2.18. The molecule has 110 valence electrons. The maximum atomic E-state index is 12.1. The molecule has 8 heteroatoms. The Kier molecular flexibility index (Phi) is 4.15. The summed E-state index contributed by atoms with van der Waals surface area (Å²) in [7, 11) is -3.46. The summed E-state index contributed by atoms with van der Waals surface area (Å²) < 4.78 is 23.1. The molecule has 2 aromatic rings. The van der Waals surface area contributed by atoms with Gasteiger partial charge in [0, 0.05) is 17.5 Å². The summed E-state index contributed by atoms with van der Waals surface area (Å²) in [5.74, 6) is -0.266. The van der Waals surface area contributed by atoms with E-state index in [9.17, 15) is 13.2 Å². The SMILES string of the molecule is CS(=O)(=O)c1cc(N)cc(C(=O)Nc2cccc(Cl)n2)c1. The Morgan fingerprint density at radius 1 is 1.29 bits per heavy atom. The lowest BCUT2D eigenvalue weighted by Gasteiger charge is -2.07. The first-order valence-corrected chi connectivity index (χ1v) is 8.07.